The first-order chi connectivity index (χ1) is 11.8. The third-order valence-corrected chi connectivity index (χ3v) is 4.77. The smallest absolute Gasteiger partial charge is 0.257 e. The summed E-state index contributed by atoms with van der Waals surface area (Å²) in [5, 5.41) is 2.67. The van der Waals surface area contributed by atoms with E-state index in [2.05, 4.69) is 15.0 Å². The number of nitrogens with zero attached hydrogens (tertiary/aromatic N) is 2. The monoisotopic (exact) mass is 435 g/mol. The van der Waals surface area contributed by atoms with E-state index in [4.69, 9.17) is 5.73 Å². The third-order valence-electron chi connectivity index (χ3n) is 3.31. The van der Waals surface area contributed by atoms with Crippen LogP contribution in [0, 0.1) is 0 Å². The molecule has 1 heterocycles. The van der Waals surface area contributed by atoms with Crippen LogP contribution in [-0.4, -0.2) is 46.5 Å². The van der Waals surface area contributed by atoms with E-state index < -0.39 is 10.0 Å². The fourth-order valence-electron chi connectivity index (χ4n) is 2.01. The van der Waals surface area contributed by atoms with Gasteiger partial charge in [-0.3, -0.25) is 4.79 Å². The predicted octanol–water partition coefficient (Wildman–Crippen LogP) is 1.48. The molecule has 0 aliphatic rings. The van der Waals surface area contributed by atoms with Crippen molar-refractivity contribution in [2.24, 2.45) is 5.73 Å². The standard InChI is InChI=1S/C16H21N5O3S.2ClH/c1-21(2)15-7-6-12(11-18-15)16(22)20-13-4-3-5-14(10-13)25(23,24)19-9-8-17;;/h3-7,10-11,19H,8-9,17H2,1-2H3,(H,20,22);2*1H. The van der Waals surface area contributed by atoms with Crippen molar-refractivity contribution >= 4 is 52.2 Å². The van der Waals surface area contributed by atoms with Crippen LogP contribution in [0.5, 0.6) is 0 Å². The molecule has 0 saturated heterocycles. The van der Waals surface area contributed by atoms with Gasteiger partial charge in [-0.2, -0.15) is 0 Å². The lowest BCUT2D eigenvalue weighted by Gasteiger charge is -2.12. The number of benzene rings is 1. The Bertz CT molecular complexity index is 845. The van der Waals surface area contributed by atoms with Crippen molar-refractivity contribution in [3.63, 3.8) is 0 Å². The maximum absolute atomic E-state index is 12.3. The van der Waals surface area contributed by atoms with Gasteiger partial charge in [-0.1, -0.05) is 6.07 Å². The number of rotatable bonds is 7. The second-order valence-electron chi connectivity index (χ2n) is 5.47. The summed E-state index contributed by atoms with van der Waals surface area (Å²) in [7, 11) is 0.0481. The molecule has 0 bridgehead atoms. The van der Waals surface area contributed by atoms with Gasteiger partial charge < -0.3 is 16.0 Å². The average Bonchev–Trinajstić information content (AvgIpc) is 2.60. The summed E-state index contributed by atoms with van der Waals surface area (Å²) in [6.45, 7) is 0.342. The van der Waals surface area contributed by atoms with E-state index in [1.54, 1.807) is 24.3 Å². The number of hydrogen-bond acceptors (Lipinski definition) is 6. The van der Waals surface area contributed by atoms with Crippen LogP contribution < -0.4 is 20.7 Å². The van der Waals surface area contributed by atoms with E-state index in [0.29, 0.717) is 11.3 Å². The van der Waals surface area contributed by atoms with Crippen LogP contribution in [0.25, 0.3) is 0 Å². The molecule has 2 rings (SSSR count). The number of halogens is 2. The zero-order valence-electron chi connectivity index (χ0n) is 14.9. The minimum absolute atomic E-state index is 0. The Morgan fingerprint density at radius 1 is 1.19 bits per heavy atom. The van der Waals surface area contributed by atoms with Gasteiger partial charge in [0, 0.05) is 39.1 Å². The molecule has 0 unspecified atom stereocenters. The van der Waals surface area contributed by atoms with Crippen LogP contribution >= 0.6 is 24.8 Å². The van der Waals surface area contributed by atoms with Crippen molar-refractivity contribution in [2.75, 3.05) is 37.4 Å². The fraction of sp³-hybridized carbons (Fsp3) is 0.250. The van der Waals surface area contributed by atoms with Crippen molar-refractivity contribution < 1.29 is 13.2 Å². The molecule has 11 heteroatoms. The van der Waals surface area contributed by atoms with Crippen molar-refractivity contribution in [2.45, 2.75) is 4.90 Å². The number of carbonyl (C=O) groups excluding carboxylic acids is 1. The number of hydrogen-bond donors (Lipinski definition) is 3. The molecule has 0 aliphatic carbocycles. The van der Waals surface area contributed by atoms with Gasteiger partial charge in [-0.25, -0.2) is 18.1 Å². The van der Waals surface area contributed by atoms with E-state index in [1.165, 1.54) is 18.3 Å². The molecule has 2 aromatic rings. The van der Waals surface area contributed by atoms with Gasteiger partial charge in [0.25, 0.3) is 5.91 Å². The number of carbonyl (C=O) groups is 1. The topological polar surface area (TPSA) is 117 Å². The van der Waals surface area contributed by atoms with E-state index in [1.807, 2.05) is 19.0 Å². The average molecular weight is 436 g/mol. The maximum atomic E-state index is 12.3. The van der Waals surface area contributed by atoms with Crippen LogP contribution in [0.2, 0.25) is 0 Å². The zero-order valence-corrected chi connectivity index (χ0v) is 17.3. The second-order valence-corrected chi connectivity index (χ2v) is 7.23. The highest BCUT2D eigenvalue weighted by Crippen LogP contribution is 2.16. The third kappa shape index (κ3) is 6.96. The summed E-state index contributed by atoms with van der Waals surface area (Å²) in [5.41, 5.74) is 6.06. The SMILES string of the molecule is CN(C)c1ccc(C(=O)Nc2cccc(S(=O)(=O)NCCN)c2)cn1.Cl.Cl. The largest absolute Gasteiger partial charge is 0.363 e. The summed E-state index contributed by atoms with van der Waals surface area (Å²) in [4.78, 5) is 18.3. The van der Waals surface area contributed by atoms with Gasteiger partial charge in [0.2, 0.25) is 10.0 Å². The van der Waals surface area contributed by atoms with Gasteiger partial charge in [0.15, 0.2) is 0 Å². The Balaban J connectivity index is 0.00000338. The van der Waals surface area contributed by atoms with E-state index in [-0.39, 0.29) is 48.7 Å². The predicted molar refractivity (Wildman–Crippen MR) is 112 cm³/mol. The molecule has 0 fully saturated rings. The maximum Gasteiger partial charge on any atom is 0.257 e. The van der Waals surface area contributed by atoms with Gasteiger partial charge in [0.05, 0.1) is 10.5 Å². The number of sulfonamides is 1. The van der Waals surface area contributed by atoms with Gasteiger partial charge in [-0.05, 0) is 30.3 Å². The second kappa shape index (κ2) is 11.1. The van der Waals surface area contributed by atoms with Crippen molar-refractivity contribution in [3.05, 3.63) is 48.2 Å². The van der Waals surface area contributed by atoms with E-state index >= 15 is 0 Å². The van der Waals surface area contributed by atoms with Gasteiger partial charge in [-0.15, -0.1) is 24.8 Å². The molecule has 27 heavy (non-hydrogen) atoms. The molecule has 8 nitrogen and oxygen atoms in total. The van der Waals surface area contributed by atoms with Crippen molar-refractivity contribution in [3.8, 4) is 0 Å². The molecule has 0 spiro atoms. The number of anilines is 2. The van der Waals surface area contributed by atoms with Crippen LogP contribution in [-0.2, 0) is 10.0 Å². The van der Waals surface area contributed by atoms with Crippen LogP contribution in [0.15, 0.2) is 47.5 Å². The Kier molecular flexibility index (Phi) is 10.3. The van der Waals surface area contributed by atoms with Crippen LogP contribution in [0.3, 0.4) is 0 Å². The molecule has 0 aliphatic heterocycles. The Hall–Kier alpha value is -1.91. The number of nitrogens with two attached hydrogens (primary N) is 1. The summed E-state index contributed by atoms with van der Waals surface area (Å²) in [5.74, 6) is 0.359. The summed E-state index contributed by atoms with van der Waals surface area (Å²) in [6, 6.07) is 9.38. The normalized spacial score (nSPS) is 10.3. The Morgan fingerprint density at radius 2 is 1.89 bits per heavy atom. The first-order valence-corrected chi connectivity index (χ1v) is 9.06. The summed E-state index contributed by atoms with van der Waals surface area (Å²) < 4.78 is 26.6. The molecule has 150 valence electrons. The zero-order chi connectivity index (χ0) is 18.4. The van der Waals surface area contributed by atoms with Crippen molar-refractivity contribution in [1.29, 1.82) is 0 Å². The molecule has 1 amide bonds. The molecule has 1 aromatic heterocycles. The molecule has 4 N–H and O–H groups in total. The molecular formula is C16H23Cl2N5O3S. The number of pyridine rings is 1. The summed E-state index contributed by atoms with van der Waals surface area (Å²) in [6.07, 6.45) is 1.47. The minimum atomic E-state index is -3.66. The fourth-order valence-corrected chi connectivity index (χ4v) is 3.10. The van der Waals surface area contributed by atoms with Gasteiger partial charge in [0.1, 0.15) is 5.82 Å². The minimum Gasteiger partial charge on any atom is -0.363 e. The molecular weight excluding hydrogens is 413 g/mol. The molecule has 0 atom stereocenters. The summed E-state index contributed by atoms with van der Waals surface area (Å²) >= 11 is 0. The first kappa shape index (κ1) is 25.1. The lowest BCUT2D eigenvalue weighted by molar-refractivity contribution is 0.102. The molecule has 0 saturated carbocycles. The highest BCUT2D eigenvalue weighted by Gasteiger charge is 2.14. The molecule has 0 radical (unpaired) electrons. The van der Waals surface area contributed by atoms with Crippen LogP contribution in [0.1, 0.15) is 10.4 Å². The first-order valence-electron chi connectivity index (χ1n) is 7.58. The van der Waals surface area contributed by atoms with E-state index in [0.717, 1.165) is 5.82 Å². The van der Waals surface area contributed by atoms with Gasteiger partial charge >= 0.3 is 0 Å². The number of aromatic nitrogens is 1. The number of amides is 1. The quantitative estimate of drug-likeness (QED) is 0.605. The Labute approximate surface area is 171 Å². The molecule has 1 aromatic carbocycles. The van der Waals surface area contributed by atoms with E-state index in [9.17, 15) is 13.2 Å². The lowest BCUT2D eigenvalue weighted by Crippen LogP contribution is -2.29. The highest BCUT2D eigenvalue weighted by molar-refractivity contribution is 7.89. The Morgan fingerprint density at radius 3 is 2.44 bits per heavy atom. The van der Waals surface area contributed by atoms with Crippen molar-refractivity contribution in [1.82, 2.24) is 9.71 Å². The number of nitrogens with one attached hydrogen (secondary N) is 2. The highest BCUT2D eigenvalue weighted by atomic mass is 35.5. The lowest BCUT2D eigenvalue weighted by atomic mass is 10.2. The van der Waals surface area contributed by atoms with Crippen LogP contribution in [0.4, 0.5) is 11.5 Å².